The maximum absolute atomic E-state index is 14.4. The number of nitrogens with one attached hydrogen (secondary N) is 2. The number of alkyl halides is 4. The molecule has 0 fully saturated rings. The Hall–Kier alpha value is -14.8. The summed E-state index contributed by atoms with van der Waals surface area (Å²) in [6, 6.07) is 27.1. The molecular weight excluding hydrogens is 1710 g/mol. The van der Waals surface area contributed by atoms with Gasteiger partial charge in [0.25, 0.3) is 12.2 Å². The van der Waals surface area contributed by atoms with Crippen LogP contribution in [0.25, 0.3) is 33.4 Å². The van der Waals surface area contributed by atoms with E-state index in [2.05, 4.69) is 24.8 Å². The number of carbonyl (C=O) groups excluding carboxylic acids is 12. The van der Waals surface area contributed by atoms with Crippen molar-refractivity contribution in [3.8, 4) is 28.6 Å². The molecule has 1 amide bonds. The van der Waals surface area contributed by atoms with Crippen LogP contribution in [0.15, 0.2) is 131 Å². The average Bonchev–Trinajstić information content (AvgIpc) is 1.60. The number of benzene rings is 8. The Balaban J connectivity index is 0.000000751. The van der Waals surface area contributed by atoms with Crippen molar-refractivity contribution in [2.75, 3.05) is 21.3 Å². The van der Waals surface area contributed by atoms with Crippen LogP contribution in [-0.2, 0) is 96.1 Å². The van der Waals surface area contributed by atoms with Gasteiger partial charge < -0.3 is 35.5 Å². The zero-order valence-corrected chi connectivity index (χ0v) is 70.8. The number of rotatable bonds is 22. The van der Waals surface area contributed by atoms with Crippen LogP contribution >= 0.6 is 0 Å². The average molecular weight is 1800 g/mol. The quantitative estimate of drug-likeness (QED) is 0.0186. The van der Waals surface area contributed by atoms with Crippen LogP contribution in [-0.4, -0.2) is 103 Å². The van der Waals surface area contributed by atoms with E-state index in [-0.39, 0.29) is 124 Å². The number of fused-ring (bicyclic) bond motifs is 3. The van der Waals surface area contributed by atoms with Gasteiger partial charge in [-0.05, 0) is 201 Å². The van der Waals surface area contributed by atoms with Gasteiger partial charge >= 0.3 is 61.0 Å². The van der Waals surface area contributed by atoms with Crippen molar-refractivity contribution in [3.05, 3.63) is 237 Å². The van der Waals surface area contributed by atoms with E-state index < -0.39 is 63.5 Å². The molecule has 31 nitrogen and oxygen atoms in total. The van der Waals surface area contributed by atoms with Crippen LogP contribution in [0, 0.1) is 60.9 Å². The minimum Gasteiger partial charge on any atom is -0.435 e. The first-order chi connectivity index (χ1) is 59.8. The monoisotopic (exact) mass is 1790 g/mol. The van der Waals surface area contributed by atoms with Crippen LogP contribution in [0.4, 0.5) is 82.4 Å². The molecular formula is C85H89F11N10O21. The van der Waals surface area contributed by atoms with Gasteiger partial charge in [-0.25, -0.2) is 35.9 Å². The number of aromatic nitrogens is 4. The summed E-state index contributed by atoms with van der Waals surface area (Å²) >= 11 is 0. The smallest absolute Gasteiger partial charge is 0.387 e. The Bertz CT molecular complexity index is 5640. The largest absolute Gasteiger partial charge is 0.435 e. The van der Waals surface area contributed by atoms with Crippen molar-refractivity contribution in [1.29, 1.82) is 0 Å². The number of nitrogens with zero attached hydrogens (tertiary/aromatic N) is 7. The summed E-state index contributed by atoms with van der Waals surface area (Å²) in [5.74, 6) is -4.39. The zero-order valence-electron chi connectivity index (χ0n) is 70.8. The number of halogens is 11. The molecule has 3 heterocycles. The SMILES string of the molecule is CC(C)n1c(=O)n(-c2cccc(OC(F)F)c2)c2cc(F)c(OC=O)cc21.CCc1cc(F)c([N+](=O)[O-])cc1F.CCc1cc(NC(C)C)c(N)cc1F.CCc1cc(NC(C)C)c([N+](=O)[O-])cc1F.CCc1cc2c(cc1F)CC(=O)N2C(C)C.CCc1cc2c(cc1F)n(-c1cccc(OC(F)F)c1)c(=O)n2C(C)C.O=C=O.O=C=O.O=C=O.O=C=O.O=C=O. The number of nitro benzene ring substituents is 2. The summed E-state index contributed by atoms with van der Waals surface area (Å²) in [5, 5.41) is 27.1. The first-order valence-electron chi connectivity index (χ1n) is 37.8. The van der Waals surface area contributed by atoms with E-state index in [1.807, 2.05) is 89.2 Å². The Kier molecular flexibility index (Phi) is 47.4. The Morgan fingerprint density at radius 3 is 1.18 bits per heavy atom. The fourth-order valence-electron chi connectivity index (χ4n) is 12.0. The maximum atomic E-state index is 14.4. The third-order valence-electron chi connectivity index (χ3n) is 17.1. The highest BCUT2D eigenvalue weighted by Crippen LogP contribution is 2.36. The Morgan fingerprint density at radius 2 is 0.795 bits per heavy atom. The van der Waals surface area contributed by atoms with Gasteiger partial charge in [-0.3, -0.25) is 48.1 Å². The lowest BCUT2D eigenvalue weighted by Gasteiger charge is -2.22. The molecule has 1 aliphatic rings. The third kappa shape index (κ3) is 32.4. The van der Waals surface area contributed by atoms with E-state index >= 15 is 0 Å². The Labute approximate surface area is 717 Å². The number of hydrogen-bond acceptors (Lipinski definition) is 24. The van der Waals surface area contributed by atoms with Gasteiger partial charge in [0.15, 0.2) is 11.6 Å². The summed E-state index contributed by atoms with van der Waals surface area (Å²) in [6.45, 7) is 22.2. The number of anilines is 4. The molecule has 2 aromatic heterocycles. The molecule has 0 atom stereocenters. The van der Waals surface area contributed by atoms with E-state index in [1.165, 1.54) is 86.5 Å². The number of imidazole rings is 2. The molecule has 4 N–H and O–H groups in total. The number of hydrogen-bond donors (Lipinski definition) is 3. The molecule has 127 heavy (non-hydrogen) atoms. The van der Waals surface area contributed by atoms with Gasteiger partial charge in [0.2, 0.25) is 11.7 Å². The van der Waals surface area contributed by atoms with Gasteiger partial charge in [0.1, 0.15) is 46.3 Å². The number of nitrogens with two attached hydrogens (primary N) is 1. The lowest BCUT2D eigenvalue weighted by molar-refractivity contribution is -0.387. The minimum atomic E-state index is -3.02. The molecule has 0 aliphatic carbocycles. The van der Waals surface area contributed by atoms with Gasteiger partial charge in [-0.2, -0.15) is 69.9 Å². The third-order valence-corrected chi connectivity index (χ3v) is 17.1. The highest BCUT2D eigenvalue weighted by molar-refractivity contribution is 6.02. The van der Waals surface area contributed by atoms with E-state index in [9.17, 15) is 87.7 Å². The van der Waals surface area contributed by atoms with Gasteiger partial charge in [0, 0.05) is 66.2 Å². The van der Waals surface area contributed by atoms with Crippen molar-refractivity contribution in [1.82, 2.24) is 18.3 Å². The predicted molar refractivity (Wildman–Crippen MR) is 435 cm³/mol. The molecule has 42 heteroatoms. The number of amides is 1. The summed E-state index contributed by atoms with van der Waals surface area (Å²) < 4.78 is 163. The molecule has 1 aliphatic heterocycles. The fraction of sp³-hybridized carbons (Fsp3) is 0.329. The van der Waals surface area contributed by atoms with Crippen LogP contribution in [0.2, 0.25) is 0 Å². The highest BCUT2D eigenvalue weighted by atomic mass is 19.3. The lowest BCUT2D eigenvalue weighted by Crippen LogP contribution is -2.33. The van der Waals surface area contributed by atoms with Crippen LogP contribution in [0.1, 0.15) is 149 Å². The molecule has 11 rings (SSSR count). The summed E-state index contributed by atoms with van der Waals surface area (Å²) in [6.07, 6.45) is 4.22. The second-order valence-electron chi connectivity index (χ2n) is 27.1. The summed E-state index contributed by atoms with van der Waals surface area (Å²) in [5.41, 5.74) is 11.7. The fourth-order valence-corrected chi connectivity index (χ4v) is 12.0. The van der Waals surface area contributed by atoms with Crippen molar-refractivity contribution >= 4 is 99.3 Å². The molecule has 0 unspecified atom stereocenters. The molecule has 0 bridgehead atoms. The molecule has 0 saturated heterocycles. The number of ether oxygens (including phenoxy) is 3. The number of nitro groups is 2. The molecule has 0 radical (unpaired) electrons. The maximum Gasteiger partial charge on any atom is 0.387 e. The van der Waals surface area contributed by atoms with E-state index in [0.29, 0.717) is 106 Å². The van der Waals surface area contributed by atoms with Gasteiger partial charge in [-0.15, -0.1) is 0 Å². The molecule has 682 valence electrons. The van der Waals surface area contributed by atoms with Crippen molar-refractivity contribution in [3.63, 3.8) is 0 Å². The van der Waals surface area contributed by atoms with Gasteiger partial charge in [0.05, 0.1) is 73.2 Å². The summed E-state index contributed by atoms with van der Waals surface area (Å²) in [4.78, 5) is 151. The molecule has 0 saturated carbocycles. The van der Waals surface area contributed by atoms with E-state index in [0.717, 1.165) is 35.1 Å². The van der Waals surface area contributed by atoms with Crippen LogP contribution in [0.5, 0.6) is 17.2 Å². The number of aryl methyl sites for hydroxylation is 5. The van der Waals surface area contributed by atoms with E-state index in [1.54, 1.807) is 48.4 Å². The predicted octanol–water partition coefficient (Wildman–Crippen LogP) is 16.4. The lowest BCUT2D eigenvalue weighted by atomic mass is 10.1. The standard InChI is InChI=1S/C19H19F3N2O2.C18H15F3N2O4.C13H16FNO.C11H15FN2O2.C11H17FN2.C8H7F2NO2.5CO2/c1-4-12-8-16-17(10-15(12)20)24(19(25)23(16)11(2)3)13-6-5-7-14(9-13)26-18(21)22;1-10(2)22-15-8-16(26-9-24)13(19)7-14(15)23(18(22)25)11-4-3-5-12(6-11)27-17(20)21;1-4-9-6-12-10(5-11(9)14)7-13(16)15(12)8(2)3;1-4-8-5-10(13-7(2)3)11(14(15)16)6-9(8)12;1-4-8-5-11(14-7(2)3)10(13)6-9(8)12;1-2-5-3-7(10)8(11(12)13)4-6(5)9;5*2-1-3/h5-11,18H,4H2,1-3H3;3-10,17H,1-2H3;5-6,8H,4,7H2,1-3H3;5-7,13H,4H2,1-3H3;5-7,14H,4,13H2,1-3H3;3-4H,2H2,1H3;;;;;. The van der Waals surface area contributed by atoms with Crippen molar-refractivity contribution in [2.24, 2.45) is 0 Å². The van der Waals surface area contributed by atoms with E-state index in [4.69, 9.17) is 53.7 Å². The minimum absolute atomic E-state index is 0.0638. The zero-order chi connectivity index (χ0) is 97.1. The molecule has 8 aromatic carbocycles. The first-order valence-corrected chi connectivity index (χ1v) is 37.8. The topological polar surface area (TPSA) is 426 Å². The van der Waals surface area contributed by atoms with Crippen molar-refractivity contribution in [2.45, 2.75) is 186 Å². The highest BCUT2D eigenvalue weighted by Gasteiger charge is 2.31. The first kappa shape index (κ1) is 110. The normalized spacial score (nSPS) is 10.5. The Morgan fingerprint density at radius 1 is 0.441 bits per heavy atom. The number of carbonyl (C=O) groups is 2. The second-order valence-corrected chi connectivity index (χ2v) is 27.1. The van der Waals surface area contributed by atoms with Gasteiger partial charge in [-0.1, -0.05) is 46.8 Å². The number of nitrogen functional groups attached to an aromatic ring is 1. The molecule has 0 spiro atoms. The second kappa shape index (κ2) is 54.6. The van der Waals surface area contributed by atoms with Crippen LogP contribution < -0.4 is 46.9 Å². The van der Waals surface area contributed by atoms with Crippen LogP contribution in [0.3, 0.4) is 0 Å². The summed E-state index contributed by atoms with van der Waals surface area (Å²) in [7, 11) is 0. The van der Waals surface area contributed by atoms with Crippen molar-refractivity contribution < 1.29 is 130 Å². The molecule has 10 aromatic rings.